The van der Waals surface area contributed by atoms with E-state index in [9.17, 15) is 14.4 Å². The monoisotopic (exact) mass is 438 g/mol. The van der Waals surface area contributed by atoms with E-state index in [1.807, 2.05) is 57.2 Å². The molecule has 0 bridgehead atoms. The lowest BCUT2D eigenvalue weighted by molar-refractivity contribution is -0.137. The van der Waals surface area contributed by atoms with Gasteiger partial charge in [0.2, 0.25) is 5.91 Å². The van der Waals surface area contributed by atoms with Crippen molar-refractivity contribution in [2.24, 2.45) is 5.41 Å². The van der Waals surface area contributed by atoms with Gasteiger partial charge in [-0.3, -0.25) is 9.59 Å². The molecule has 0 saturated heterocycles. The Hall–Kier alpha value is -3.35. The number of carbonyl (C=O) groups excluding carboxylic acids is 2. The molecule has 0 fully saturated rings. The Labute approximate surface area is 188 Å². The molecular weight excluding hydrogens is 408 g/mol. The zero-order chi connectivity index (χ0) is 23.3. The van der Waals surface area contributed by atoms with Crippen LogP contribution in [-0.2, 0) is 14.3 Å². The maximum atomic E-state index is 12.6. The van der Waals surface area contributed by atoms with Crippen molar-refractivity contribution in [2.45, 2.75) is 45.6 Å². The fourth-order valence-corrected chi connectivity index (χ4v) is 3.79. The van der Waals surface area contributed by atoms with Crippen LogP contribution in [0.25, 0.3) is 11.1 Å². The number of nitrogens with one attached hydrogen (secondary N) is 2. The highest BCUT2D eigenvalue weighted by atomic mass is 16.5. The first-order valence-corrected chi connectivity index (χ1v) is 10.8. The van der Waals surface area contributed by atoms with E-state index in [1.54, 1.807) is 0 Å². The van der Waals surface area contributed by atoms with Crippen molar-refractivity contribution < 1.29 is 24.2 Å². The third-order valence-electron chi connectivity index (χ3n) is 5.39. The van der Waals surface area contributed by atoms with Gasteiger partial charge in [0.1, 0.15) is 12.6 Å². The number of carboxylic acid groups (broad SMARTS) is 1. The third kappa shape index (κ3) is 5.87. The normalized spacial score (nSPS) is 13.6. The van der Waals surface area contributed by atoms with Crippen LogP contribution in [0.3, 0.4) is 0 Å². The fraction of sp³-hybridized carbons (Fsp3) is 0.400. The lowest BCUT2D eigenvalue weighted by atomic mass is 9.97. The number of hydrogen-bond donors (Lipinski definition) is 3. The minimum absolute atomic E-state index is 0.0183. The van der Waals surface area contributed by atoms with Gasteiger partial charge in [0.25, 0.3) is 0 Å². The van der Waals surface area contributed by atoms with Crippen LogP contribution in [0.5, 0.6) is 0 Å². The van der Waals surface area contributed by atoms with Crippen LogP contribution < -0.4 is 10.6 Å². The second kappa shape index (κ2) is 9.85. The topological polar surface area (TPSA) is 105 Å². The van der Waals surface area contributed by atoms with Crippen molar-refractivity contribution in [1.82, 2.24) is 10.6 Å². The molecule has 0 aromatic heterocycles. The number of alkyl carbamates (subject to hydrolysis) is 1. The summed E-state index contributed by atoms with van der Waals surface area (Å²) in [5.41, 5.74) is 4.28. The highest BCUT2D eigenvalue weighted by Gasteiger charge is 2.30. The standard InChI is InChI=1S/C25H30N2O5/c1-25(2,3)15-26-23(30)21(12-13-22(28)29)27-24(31)32-14-20-18-10-6-4-8-16(18)17-9-5-7-11-19(17)20/h4-11,20-21H,12-15H2,1-3H3,(H,26,30)(H,27,31)(H,28,29). The highest BCUT2D eigenvalue weighted by Crippen LogP contribution is 2.44. The first-order valence-electron chi connectivity index (χ1n) is 10.8. The first kappa shape index (κ1) is 23.3. The summed E-state index contributed by atoms with van der Waals surface area (Å²) in [5, 5.41) is 14.3. The van der Waals surface area contributed by atoms with E-state index < -0.39 is 24.0 Å². The van der Waals surface area contributed by atoms with Gasteiger partial charge in [-0.2, -0.15) is 0 Å². The Morgan fingerprint density at radius 3 is 2.09 bits per heavy atom. The Bertz CT molecular complexity index is 950. The van der Waals surface area contributed by atoms with Crippen LogP contribution in [0.2, 0.25) is 0 Å². The van der Waals surface area contributed by atoms with Gasteiger partial charge in [0.15, 0.2) is 0 Å². The van der Waals surface area contributed by atoms with Crippen LogP contribution >= 0.6 is 0 Å². The Morgan fingerprint density at radius 2 is 1.56 bits per heavy atom. The van der Waals surface area contributed by atoms with E-state index >= 15 is 0 Å². The predicted molar refractivity (Wildman–Crippen MR) is 121 cm³/mol. The van der Waals surface area contributed by atoms with Crippen molar-refractivity contribution in [3.8, 4) is 11.1 Å². The second-order valence-electron chi connectivity index (χ2n) is 9.23. The fourth-order valence-electron chi connectivity index (χ4n) is 3.79. The van der Waals surface area contributed by atoms with Gasteiger partial charge in [-0.1, -0.05) is 69.3 Å². The van der Waals surface area contributed by atoms with Crippen molar-refractivity contribution >= 4 is 18.0 Å². The number of ether oxygens (including phenoxy) is 1. The lowest BCUT2D eigenvalue weighted by Crippen LogP contribution is -2.48. The third-order valence-corrected chi connectivity index (χ3v) is 5.39. The molecule has 0 radical (unpaired) electrons. The molecule has 7 nitrogen and oxygen atoms in total. The number of benzene rings is 2. The molecule has 1 atom stereocenters. The lowest BCUT2D eigenvalue weighted by Gasteiger charge is -2.23. The molecule has 2 aromatic carbocycles. The maximum Gasteiger partial charge on any atom is 0.407 e. The Kier molecular flexibility index (Phi) is 7.18. The molecule has 1 unspecified atom stereocenters. The van der Waals surface area contributed by atoms with Crippen molar-refractivity contribution in [3.05, 3.63) is 59.7 Å². The van der Waals surface area contributed by atoms with Gasteiger partial charge in [-0.15, -0.1) is 0 Å². The van der Waals surface area contributed by atoms with E-state index in [0.29, 0.717) is 6.54 Å². The zero-order valence-corrected chi connectivity index (χ0v) is 18.7. The summed E-state index contributed by atoms with van der Waals surface area (Å²) in [6, 6.07) is 15.0. The van der Waals surface area contributed by atoms with Crippen LogP contribution in [0.1, 0.15) is 50.7 Å². The van der Waals surface area contributed by atoms with Crippen molar-refractivity contribution in [1.29, 1.82) is 0 Å². The smallest absolute Gasteiger partial charge is 0.407 e. The molecule has 1 aliphatic carbocycles. The molecule has 2 amide bonds. The van der Waals surface area contributed by atoms with E-state index in [0.717, 1.165) is 22.3 Å². The van der Waals surface area contributed by atoms with Crippen LogP contribution in [0.15, 0.2) is 48.5 Å². The van der Waals surface area contributed by atoms with Gasteiger partial charge >= 0.3 is 12.1 Å². The Morgan fingerprint density at radius 1 is 1.00 bits per heavy atom. The molecular formula is C25H30N2O5. The van der Waals surface area contributed by atoms with Crippen LogP contribution in [-0.4, -0.2) is 42.3 Å². The second-order valence-corrected chi connectivity index (χ2v) is 9.23. The molecule has 32 heavy (non-hydrogen) atoms. The van der Waals surface area contributed by atoms with Crippen LogP contribution in [0, 0.1) is 5.41 Å². The van der Waals surface area contributed by atoms with Gasteiger partial charge < -0.3 is 20.5 Å². The molecule has 3 N–H and O–H groups in total. The van der Waals surface area contributed by atoms with Gasteiger partial charge in [0.05, 0.1) is 0 Å². The first-order chi connectivity index (χ1) is 15.2. The molecule has 0 heterocycles. The molecule has 0 saturated carbocycles. The summed E-state index contributed by atoms with van der Waals surface area (Å²) < 4.78 is 5.50. The quantitative estimate of drug-likeness (QED) is 0.579. The maximum absolute atomic E-state index is 12.6. The van der Waals surface area contributed by atoms with Gasteiger partial charge in [-0.05, 0) is 34.1 Å². The number of rotatable bonds is 8. The van der Waals surface area contributed by atoms with E-state index in [4.69, 9.17) is 9.84 Å². The molecule has 3 rings (SSSR count). The predicted octanol–water partition coefficient (Wildman–Crippen LogP) is 3.92. The summed E-state index contributed by atoms with van der Waals surface area (Å²) in [6.07, 6.45) is -1.000. The van der Waals surface area contributed by atoms with E-state index in [2.05, 4.69) is 22.8 Å². The summed E-state index contributed by atoms with van der Waals surface area (Å²) in [7, 11) is 0. The molecule has 1 aliphatic rings. The molecule has 0 aliphatic heterocycles. The molecule has 170 valence electrons. The summed E-state index contributed by atoms with van der Waals surface area (Å²) in [4.78, 5) is 36.1. The average Bonchev–Trinajstić information content (AvgIpc) is 3.06. The number of fused-ring (bicyclic) bond motifs is 3. The molecule has 7 heteroatoms. The molecule has 2 aromatic rings. The molecule has 0 spiro atoms. The van der Waals surface area contributed by atoms with E-state index in [1.165, 1.54) is 0 Å². The van der Waals surface area contributed by atoms with Gasteiger partial charge in [0, 0.05) is 18.9 Å². The SMILES string of the molecule is CC(C)(C)CNC(=O)C(CCC(=O)O)NC(=O)OCC1c2ccccc2-c2ccccc21. The summed E-state index contributed by atoms with van der Waals surface area (Å²) in [6.45, 7) is 6.44. The number of carboxylic acids is 1. The summed E-state index contributed by atoms with van der Waals surface area (Å²) in [5.74, 6) is -1.55. The zero-order valence-electron chi connectivity index (χ0n) is 18.7. The van der Waals surface area contributed by atoms with Crippen molar-refractivity contribution in [2.75, 3.05) is 13.2 Å². The number of hydrogen-bond acceptors (Lipinski definition) is 4. The minimum atomic E-state index is -1.03. The highest BCUT2D eigenvalue weighted by molar-refractivity contribution is 5.86. The van der Waals surface area contributed by atoms with E-state index in [-0.39, 0.29) is 30.8 Å². The summed E-state index contributed by atoms with van der Waals surface area (Å²) >= 11 is 0. The Balaban J connectivity index is 1.65. The average molecular weight is 439 g/mol. The minimum Gasteiger partial charge on any atom is -0.481 e. The van der Waals surface area contributed by atoms with Gasteiger partial charge in [-0.25, -0.2) is 4.79 Å². The number of carbonyl (C=O) groups is 3. The number of aliphatic carboxylic acids is 1. The largest absolute Gasteiger partial charge is 0.481 e. The van der Waals surface area contributed by atoms with Crippen LogP contribution in [0.4, 0.5) is 4.79 Å². The number of amides is 2. The van der Waals surface area contributed by atoms with Crippen molar-refractivity contribution in [3.63, 3.8) is 0 Å².